The van der Waals surface area contributed by atoms with Crippen LogP contribution in [0, 0.1) is 23.4 Å². The monoisotopic (exact) mass is 370 g/mol. The van der Waals surface area contributed by atoms with Gasteiger partial charge < -0.3 is 11.1 Å². The van der Waals surface area contributed by atoms with Gasteiger partial charge in [-0.15, -0.1) is 12.4 Å². The molecule has 1 saturated carbocycles. The van der Waals surface area contributed by atoms with Crippen molar-refractivity contribution in [2.45, 2.75) is 18.9 Å². The molecular formula is C18H18ClF3N2O. The first kappa shape index (κ1) is 19.3. The first-order chi connectivity index (χ1) is 11.5. The minimum atomic E-state index is -1.50. The van der Waals surface area contributed by atoms with Crippen LogP contribution in [0.3, 0.4) is 0 Å². The second kappa shape index (κ2) is 7.89. The van der Waals surface area contributed by atoms with Gasteiger partial charge in [0.15, 0.2) is 17.5 Å². The van der Waals surface area contributed by atoms with Crippen LogP contribution in [0.5, 0.6) is 0 Å². The van der Waals surface area contributed by atoms with Gasteiger partial charge in [-0.05, 0) is 54.2 Å². The van der Waals surface area contributed by atoms with E-state index in [1.165, 1.54) is 0 Å². The van der Waals surface area contributed by atoms with Gasteiger partial charge in [0, 0.05) is 18.2 Å². The van der Waals surface area contributed by atoms with Crippen molar-refractivity contribution in [3.05, 3.63) is 59.4 Å². The molecule has 134 valence electrons. The molecule has 3 nitrogen and oxygen atoms in total. The number of amides is 1. The van der Waals surface area contributed by atoms with Crippen LogP contribution in [0.1, 0.15) is 23.2 Å². The van der Waals surface area contributed by atoms with Crippen LogP contribution >= 0.6 is 12.4 Å². The molecule has 0 aliphatic heterocycles. The molecule has 1 aliphatic carbocycles. The molecule has 1 amide bonds. The third kappa shape index (κ3) is 4.32. The zero-order chi connectivity index (χ0) is 17.3. The molecule has 3 N–H and O–H groups in total. The summed E-state index contributed by atoms with van der Waals surface area (Å²) in [4.78, 5) is 12.2. The maximum atomic E-state index is 13.3. The lowest BCUT2D eigenvalue weighted by atomic mass is 10.0. The maximum Gasteiger partial charge on any atom is 0.251 e. The summed E-state index contributed by atoms with van der Waals surface area (Å²) in [5.74, 6) is -3.78. The Bertz CT molecular complexity index is 740. The van der Waals surface area contributed by atoms with E-state index in [1.807, 2.05) is 0 Å². The summed E-state index contributed by atoms with van der Waals surface area (Å²) in [7, 11) is 0. The van der Waals surface area contributed by atoms with Crippen molar-refractivity contribution in [1.29, 1.82) is 0 Å². The molecule has 1 fully saturated rings. The lowest BCUT2D eigenvalue weighted by Gasteiger charge is -2.16. The topological polar surface area (TPSA) is 55.1 Å². The molecule has 3 rings (SSSR count). The third-order valence-corrected chi connectivity index (χ3v) is 4.23. The maximum absolute atomic E-state index is 13.3. The fraction of sp³-hybridized carbons (Fsp3) is 0.278. The van der Waals surface area contributed by atoms with Gasteiger partial charge in [0.05, 0.1) is 0 Å². The number of carbonyl (C=O) groups is 1. The number of halogens is 4. The Morgan fingerprint density at radius 1 is 1.08 bits per heavy atom. The highest BCUT2D eigenvalue weighted by Crippen LogP contribution is 2.32. The van der Waals surface area contributed by atoms with Crippen molar-refractivity contribution in [2.75, 3.05) is 6.54 Å². The molecule has 25 heavy (non-hydrogen) atoms. The molecule has 2 aromatic rings. The van der Waals surface area contributed by atoms with E-state index in [2.05, 4.69) is 5.32 Å². The normalized spacial score (nSPS) is 14.6. The number of hydrogen-bond acceptors (Lipinski definition) is 2. The van der Waals surface area contributed by atoms with E-state index < -0.39 is 17.5 Å². The van der Waals surface area contributed by atoms with Gasteiger partial charge in [0.2, 0.25) is 0 Å². The summed E-state index contributed by atoms with van der Waals surface area (Å²) >= 11 is 0. The Hall–Kier alpha value is -2.05. The highest BCUT2D eigenvalue weighted by atomic mass is 35.5. The SMILES string of the molecule is Cl.NCC(NC(=O)c1ccc(-c2cc(F)c(F)c(F)c2)cc1)C1CC1. The Morgan fingerprint density at radius 2 is 1.64 bits per heavy atom. The first-order valence-corrected chi connectivity index (χ1v) is 7.75. The van der Waals surface area contributed by atoms with Gasteiger partial charge in [0.1, 0.15) is 0 Å². The van der Waals surface area contributed by atoms with E-state index in [0.717, 1.165) is 25.0 Å². The standard InChI is InChI=1S/C18H17F3N2O.ClH/c19-14-7-13(8-15(20)17(14)21)10-1-5-12(6-2-10)18(24)23-16(9-22)11-3-4-11;/h1-2,5-8,11,16H,3-4,9,22H2,(H,23,24);1H. The highest BCUT2D eigenvalue weighted by Gasteiger charge is 2.31. The van der Waals surface area contributed by atoms with Crippen LogP contribution < -0.4 is 11.1 Å². The summed E-state index contributed by atoms with van der Waals surface area (Å²) in [5.41, 5.74) is 6.79. The molecule has 7 heteroatoms. The Kier molecular flexibility index (Phi) is 6.08. The average Bonchev–Trinajstić information content (AvgIpc) is 3.42. The minimum Gasteiger partial charge on any atom is -0.348 e. The minimum absolute atomic E-state index is 0. The molecule has 0 bridgehead atoms. The van der Waals surface area contributed by atoms with E-state index >= 15 is 0 Å². The van der Waals surface area contributed by atoms with E-state index in [0.29, 0.717) is 23.6 Å². The molecule has 0 aromatic heterocycles. The second-order valence-corrected chi connectivity index (χ2v) is 5.98. The average molecular weight is 371 g/mol. The summed E-state index contributed by atoms with van der Waals surface area (Å²) < 4.78 is 39.6. The molecule has 1 unspecified atom stereocenters. The van der Waals surface area contributed by atoms with Crippen molar-refractivity contribution in [2.24, 2.45) is 11.7 Å². The summed E-state index contributed by atoms with van der Waals surface area (Å²) in [6, 6.07) is 8.06. The Morgan fingerprint density at radius 3 is 2.12 bits per heavy atom. The van der Waals surface area contributed by atoms with Gasteiger partial charge in [-0.1, -0.05) is 12.1 Å². The van der Waals surface area contributed by atoms with E-state index in [9.17, 15) is 18.0 Å². The zero-order valence-corrected chi connectivity index (χ0v) is 14.1. The fourth-order valence-corrected chi connectivity index (χ4v) is 2.66. The number of nitrogens with one attached hydrogen (secondary N) is 1. The third-order valence-electron chi connectivity index (χ3n) is 4.23. The van der Waals surface area contributed by atoms with Crippen molar-refractivity contribution < 1.29 is 18.0 Å². The van der Waals surface area contributed by atoms with Crippen LogP contribution in [0.25, 0.3) is 11.1 Å². The lowest BCUT2D eigenvalue weighted by molar-refractivity contribution is 0.0933. The van der Waals surface area contributed by atoms with Crippen molar-refractivity contribution >= 4 is 18.3 Å². The van der Waals surface area contributed by atoms with Crippen LogP contribution in [0.4, 0.5) is 13.2 Å². The number of hydrogen-bond donors (Lipinski definition) is 2. The predicted octanol–water partition coefficient (Wildman–Crippen LogP) is 3.66. The van der Waals surface area contributed by atoms with Crippen LogP contribution in [0.15, 0.2) is 36.4 Å². The van der Waals surface area contributed by atoms with Crippen molar-refractivity contribution in [3.63, 3.8) is 0 Å². The number of nitrogens with two attached hydrogens (primary N) is 1. The largest absolute Gasteiger partial charge is 0.348 e. The molecule has 0 spiro atoms. The smallest absolute Gasteiger partial charge is 0.251 e. The van der Waals surface area contributed by atoms with Gasteiger partial charge in [0.25, 0.3) is 5.91 Å². The van der Waals surface area contributed by atoms with Gasteiger partial charge in [-0.25, -0.2) is 13.2 Å². The molecule has 1 aliphatic rings. The summed E-state index contributed by atoms with van der Waals surface area (Å²) in [6.07, 6.45) is 2.14. The Balaban J connectivity index is 0.00000225. The highest BCUT2D eigenvalue weighted by molar-refractivity contribution is 5.95. The summed E-state index contributed by atoms with van der Waals surface area (Å²) in [5, 5.41) is 2.90. The fourth-order valence-electron chi connectivity index (χ4n) is 2.66. The molecule has 2 aromatic carbocycles. The van der Waals surface area contributed by atoms with Crippen LogP contribution in [0.2, 0.25) is 0 Å². The number of benzene rings is 2. The zero-order valence-electron chi connectivity index (χ0n) is 13.3. The quantitative estimate of drug-likeness (QED) is 0.789. The summed E-state index contributed by atoms with van der Waals surface area (Å²) in [6.45, 7) is 0.391. The van der Waals surface area contributed by atoms with Crippen LogP contribution in [-0.4, -0.2) is 18.5 Å². The predicted molar refractivity (Wildman–Crippen MR) is 92.0 cm³/mol. The number of rotatable bonds is 5. The van der Waals surface area contributed by atoms with Gasteiger partial charge in [-0.2, -0.15) is 0 Å². The molecule has 0 radical (unpaired) electrons. The van der Waals surface area contributed by atoms with Crippen molar-refractivity contribution in [3.8, 4) is 11.1 Å². The Labute approximate surface area is 149 Å². The van der Waals surface area contributed by atoms with E-state index in [-0.39, 0.29) is 29.9 Å². The van der Waals surface area contributed by atoms with Crippen molar-refractivity contribution in [1.82, 2.24) is 5.32 Å². The van der Waals surface area contributed by atoms with Gasteiger partial charge in [-0.3, -0.25) is 4.79 Å². The molecule has 1 atom stereocenters. The van der Waals surface area contributed by atoms with Gasteiger partial charge >= 0.3 is 0 Å². The van der Waals surface area contributed by atoms with Crippen LogP contribution in [-0.2, 0) is 0 Å². The second-order valence-electron chi connectivity index (χ2n) is 5.98. The van der Waals surface area contributed by atoms with E-state index in [1.54, 1.807) is 24.3 Å². The molecule has 0 heterocycles. The molecule has 0 saturated heterocycles. The molecular weight excluding hydrogens is 353 g/mol. The van der Waals surface area contributed by atoms with E-state index in [4.69, 9.17) is 5.73 Å². The number of carbonyl (C=O) groups excluding carboxylic acids is 1. The first-order valence-electron chi connectivity index (χ1n) is 7.75. The lowest BCUT2D eigenvalue weighted by Crippen LogP contribution is -2.41.